The van der Waals surface area contributed by atoms with Crippen molar-refractivity contribution in [2.24, 2.45) is 0 Å². The molecule has 0 saturated carbocycles. The number of sulfonamides is 1. The lowest BCUT2D eigenvalue weighted by Gasteiger charge is -2.21. The van der Waals surface area contributed by atoms with E-state index in [0.29, 0.717) is 22.1 Å². The number of para-hydroxylation sites is 1. The first-order chi connectivity index (χ1) is 11.8. The summed E-state index contributed by atoms with van der Waals surface area (Å²) in [5.41, 5.74) is 0.988. The van der Waals surface area contributed by atoms with Gasteiger partial charge in [0, 0.05) is 23.7 Å². The molecule has 2 aromatic rings. The van der Waals surface area contributed by atoms with Gasteiger partial charge in [0.1, 0.15) is 5.75 Å². The molecule has 1 unspecified atom stereocenters. The smallest absolute Gasteiger partial charge is 0.265 e. The van der Waals surface area contributed by atoms with Crippen LogP contribution in [0.1, 0.15) is 6.42 Å². The van der Waals surface area contributed by atoms with Crippen molar-refractivity contribution < 1.29 is 17.9 Å². The van der Waals surface area contributed by atoms with Crippen LogP contribution in [0.25, 0.3) is 0 Å². The fourth-order valence-corrected chi connectivity index (χ4v) is 3.73. The maximum absolute atomic E-state index is 12.5. The molecule has 132 valence electrons. The lowest BCUT2D eigenvalue weighted by Crippen LogP contribution is -2.35. The monoisotopic (exact) mass is 380 g/mol. The Morgan fingerprint density at radius 2 is 1.96 bits per heavy atom. The third-order valence-electron chi connectivity index (χ3n) is 3.79. The number of anilines is 2. The van der Waals surface area contributed by atoms with Gasteiger partial charge in [-0.15, -0.1) is 0 Å². The molecular formula is C17H17ClN2O4S. The van der Waals surface area contributed by atoms with Crippen molar-refractivity contribution >= 4 is 38.9 Å². The summed E-state index contributed by atoms with van der Waals surface area (Å²) in [4.78, 5) is 12.5. The van der Waals surface area contributed by atoms with E-state index in [4.69, 9.17) is 16.3 Å². The van der Waals surface area contributed by atoms with Crippen LogP contribution in [-0.4, -0.2) is 33.2 Å². The molecule has 0 spiro atoms. The summed E-state index contributed by atoms with van der Waals surface area (Å²) in [5, 5.41) is 3.17. The van der Waals surface area contributed by atoms with Crippen LogP contribution in [0.5, 0.6) is 5.75 Å². The van der Waals surface area contributed by atoms with Crippen LogP contribution in [0.2, 0.25) is 5.02 Å². The Hall–Kier alpha value is -2.25. The molecule has 1 atom stereocenters. The first-order valence-electron chi connectivity index (χ1n) is 7.64. The van der Waals surface area contributed by atoms with E-state index in [1.165, 1.54) is 10.4 Å². The van der Waals surface area contributed by atoms with Crippen LogP contribution in [0.4, 0.5) is 11.4 Å². The van der Waals surface area contributed by atoms with Gasteiger partial charge in [-0.3, -0.25) is 9.10 Å². The summed E-state index contributed by atoms with van der Waals surface area (Å²) in [5.74, 6) is -0.0250. The molecule has 0 aliphatic carbocycles. The molecule has 1 aliphatic rings. The number of hydrogen-bond donors (Lipinski definition) is 1. The van der Waals surface area contributed by atoms with Crippen LogP contribution in [-0.2, 0) is 14.8 Å². The van der Waals surface area contributed by atoms with E-state index in [2.05, 4.69) is 5.32 Å². The van der Waals surface area contributed by atoms with Crippen LogP contribution in [0.15, 0.2) is 48.5 Å². The number of benzene rings is 2. The van der Waals surface area contributed by atoms with E-state index in [9.17, 15) is 13.2 Å². The molecule has 1 N–H and O–H groups in total. The number of nitrogens with one attached hydrogen (secondary N) is 1. The molecule has 3 rings (SSSR count). The van der Waals surface area contributed by atoms with Crippen LogP contribution < -0.4 is 14.4 Å². The van der Waals surface area contributed by atoms with Crippen LogP contribution in [0, 0.1) is 0 Å². The van der Waals surface area contributed by atoms with E-state index < -0.39 is 16.1 Å². The largest absolute Gasteiger partial charge is 0.478 e. The summed E-state index contributed by atoms with van der Waals surface area (Å²) in [6.07, 6.45) is 0.520. The predicted octanol–water partition coefficient (Wildman–Crippen LogP) is 2.90. The average molecular weight is 381 g/mol. The number of halogens is 1. The van der Waals surface area contributed by atoms with E-state index >= 15 is 0 Å². The molecule has 2 aromatic carbocycles. The van der Waals surface area contributed by atoms with E-state index in [0.717, 1.165) is 6.26 Å². The van der Waals surface area contributed by atoms with Crippen molar-refractivity contribution in [3.8, 4) is 5.75 Å². The molecule has 0 bridgehead atoms. The molecule has 1 heterocycles. The fraction of sp³-hybridized carbons (Fsp3) is 0.235. The molecule has 25 heavy (non-hydrogen) atoms. The number of carbonyl (C=O) groups excluding carboxylic acids is 1. The molecule has 6 nitrogen and oxygen atoms in total. The Bertz CT molecular complexity index is 887. The molecule has 0 radical (unpaired) electrons. The Morgan fingerprint density at radius 1 is 1.24 bits per heavy atom. The SMILES string of the molecule is CS(=O)(=O)N1CCC(C(=O)Nc2ccccc2)Oc2ccc(Cl)cc21. The molecule has 1 amide bonds. The number of fused-ring (bicyclic) bond motifs is 1. The number of nitrogens with zero attached hydrogens (tertiary/aromatic N) is 1. The lowest BCUT2D eigenvalue weighted by atomic mass is 10.2. The van der Waals surface area contributed by atoms with Crippen molar-refractivity contribution in [2.45, 2.75) is 12.5 Å². The summed E-state index contributed by atoms with van der Waals surface area (Å²) < 4.78 is 31.2. The van der Waals surface area contributed by atoms with Gasteiger partial charge < -0.3 is 10.1 Å². The zero-order valence-corrected chi connectivity index (χ0v) is 15.0. The van der Waals surface area contributed by atoms with Gasteiger partial charge in [-0.2, -0.15) is 0 Å². The van der Waals surface area contributed by atoms with Gasteiger partial charge in [0.25, 0.3) is 5.91 Å². The fourth-order valence-electron chi connectivity index (χ4n) is 2.63. The quantitative estimate of drug-likeness (QED) is 0.888. The zero-order chi connectivity index (χ0) is 18.0. The third kappa shape index (κ3) is 4.05. The van der Waals surface area contributed by atoms with Gasteiger partial charge in [0.2, 0.25) is 10.0 Å². The van der Waals surface area contributed by atoms with Crippen LogP contribution in [0.3, 0.4) is 0 Å². The molecule has 8 heteroatoms. The zero-order valence-electron chi connectivity index (χ0n) is 13.5. The Morgan fingerprint density at radius 3 is 2.64 bits per heavy atom. The molecular weight excluding hydrogens is 364 g/mol. The lowest BCUT2D eigenvalue weighted by molar-refractivity contribution is -0.122. The van der Waals surface area contributed by atoms with Gasteiger partial charge in [0.15, 0.2) is 6.10 Å². The second-order valence-corrected chi connectivity index (χ2v) is 8.04. The Balaban J connectivity index is 1.89. The van der Waals surface area contributed by atoms with Gasteiger partial charge in [0.05, 0.1) is 11.9 Å². The highest BCUT2D eigenvalue weighted by molar-refractivity contribution is 7.92. The second kappa shape index (κ2) is 6.93. The normalized spacial score (nSPS) is 17.2. The maximum Gasteiger partial charge on any atom is 0.265 e. The highest BCUT2D eigenvalue weighted by Crippen LogP contribution is 2.36. The van der Waals surface area contributed by atoms with Crippen LogP contribution >= 0.6 is 11.6 Å². The minimum atomic E-state index is -3.52. The van der Waals surface area contributed by atoms with Crippen molar-refractivity contribution in [1.82, 2.24) is 0 Å². The summed E-state index contributed by atoms with van der Waals surface area (Å²) in [7, 11) is -3.52. The minimum absolute atomic E-state index is 0.124. The molecule has 0 aromatic heterocycles. The number of amides is 1. The standard InChI is InChI=1S/C17H17ClN2O4S/c1-25(22,23)20-10-9-16(17(21)19-13-5-3-2-4-6-13)24-15-8-7-12(18)11-14(15)20/h2-8,11,16H,9-10H2,1H3,(H,19,21). The highest BCUT2D eigenvalue weighted by atomic mass is 35.5. The van der Waals surface area contributed by atoms with Gasteiger partial charge in [-0.1, -0.05) is 29.8 Å². The van der Waals surface area contributed by atoms with Gasteiger partial charge in [-0.05, 0) is 30.3 Å². The summed E-state index contributed by atoms with van der Waals surface area (Å²) >= 11 is 6.00. The Kier molecular flexibility index (Phi) is 4.87. The molecule has 0 fully saturated rings. The highest BCUT2D eigenvalue weighted by Gasteiger charge is 2.31. The maximum atomic E-state index is 12.5. The van der Waals surface area contributed by atoms with Gasteiger partial charge in [-0.25, -0.2) is 8.42 Å². The summed E-state index contributed by atoms with van der Waals surface area (Å²) in [6, 6.07) is 13.7. The second-order valence-electron chi connectivity index (χ2n) is 5.70. The predicted molar refractivity (Wildman–Crippen MR) is 97.7 cm³/mol. The van der Waals surface area contributed by atoms with Crippen molar-refractivity contribution in [2.75, 3.05) is 22.4 Å². The van der Waals surface area contributed by atoms with Crippen molar-refractivity contribution in [3.63, 3.8) is 0 Å². The van der Waals surface area contributed by atoms with E-state index in [-0.39, 0.29) is 18.9 Å². The van der Waals surface area contributed by atoms with Crippen molar-refractivity contribution in [1.29, 1.82) is 0 Å². The molecule has 1 aliphatic heterocycles. The van der Waals surface area contributed by atoms with E-state index in [1.54, 1.807) is 24.3 Å². The summed E-state index contributed by atoms with van der Waals surface area (Å²) in [6.45, 7) is 0.124. The minimum Gasteiger partial charge on any atom is -0.478 e. The number of rotatable bonds is 3. The Labute approximate surface area is 151 Å². The third-order valence-corrected chi connectivity index (χ3v) is 5.20. The van der Waals surface area contributed by atoms with Gasteiger partial charge >= 0.3 is 0 Å². The number of carbonyl (C=O) groups is 1. The molecule has 0 saturated heterocycles. The topological polar surface area (TPSA) is 75.7 Å². The first kappa shape index (κ1) is 17.6. The average Bonchev–Trinajstić information content (AvgIpc) is 2.74. The van der Waals surface area contributed by atoms with E-state index in [1.807, 2.05) is 18.2 Å². The number of ether oxygens (including phenoxy) is 1. The first-order valence-corrected chi connectivity index (χ1v) is 9.87. The van der Waals surface area contributed by atoms with Crippen molar-refractivity contribution in [3.05, 3.63) is 53.6 Å². The number of hydrogen-bond acceptors (Lipinski definition) is 4.